The van der Waals surface area contributed by atoms with Crippen molar-refractivity contribution in [1.29, 1.82) is 0 Å². The van der Waals surface area contributed by atoms with Crippen LogP contribution in [0.25, 0.3) is 0 Å². The number of rotatable bonds is 4. The predicted octanol–water partition coefficient (Wildman–Crippen LogP) is 2.22. The van der Waals surface area contributed by atoms with E-state index in [9.17, 15) is 4.79 Å². The van der Waals surface area contributed by atoms with Gasteiger partial charge in [0.1, 0.15) is 6.54 Å². The Balaban J connectivity index is 1.84. The number of benzene rings is 1. The number of ketones is 1. The van der Waals surface area contributed by atoms with Gasteiger partial charge in [0.25, 0.3) is 5.82 Å². The molecule has 3 rings (SSSR count). The van der Waals surface area contributed by atoms with Crippen molar-refractivity contribution in [3.63, 3.8) is 0 Å². The summed E-state index contributed by atoms with van der Waals surface area (Å²) < 4.78 is 12.6. The lowest BCUT2D eigenvalue weighted by molar-refractivity contribution is -0.690. The average Bonchev–Trinajstić information content (AvgIpc) is 2.60. The van der Waals surface area contributed by atoms with Gasteiger partial charge in [-0.25, -0.2) is 4.57 Å². The van der Waals surface area contributed by atoms with Gasteiger partial charge < -0.3 is 9.47 Å². The van der Waals surface area contributed by atoms with Gasteiger partial charge in [0.2, 0.25) is 0 Å². The summed E-state index contributed by atoms with van der Waals surface area (Å²) in [5.74, 6) is 2.29. The number of carbonyl (C=O) groups excluding carboxylic acids is 1. The van der Waals surface area contributed by atoms with Crippen LogP contribution >= 0.6 is 0 Å². The third-order valence-corrected chi connectivity index (χ3v) is 4.24. The van der Waals surface area contributed by atoms with Crippen molar-refractivity contribution < 1.29 is 18.8 Å². The van der Waals surface area contributed by atoms with E-state index in [1.165, 1.54) is 5.56 Å². The molecule has 23 heavy (non-hydrogen) atoms. The molecule has 120 valence electrons. The number of fused-ring (bicyclic) bond motifs is 1. The molecule has 1 atom stereocenters. The van der Waals surface area contributed by atoms with Crippen molar-refractivity contribution in [1.82, 2.24) is 0 Å². The van der Waals surface area contributed by atoms with E-state index in [1.807, 2.05) is 12.3 Å². The highest BCUT2D eigenvalue weighted by atomic mass is 16.5. The normalized spacial score (nSPS) is 16.2. The maximum absolute atomic E-state index is 12.8. The molecule has 1 aromatic heterocycles. The van der Waals surface area contributed by atoms with Crippen molar-refractivity contribution in [2.45, 2.75) is 13.5 Å². The summed E-state index contributed by atoms with van der Waals surface area (Å²) in [6.45, 7) is 3.38. The molecule has 0 aliphatic carbocycles. The van der Waals surface area contributed by atoms with E-state index >= 15 is 0 Å². The number of ether oxygens (including phenoxy) is 2. The minimum absolute atomic E-state index is 0.104. The number of anilines is 1. The summed E-state index contributed by atoms with van der Waals surface area (Å²) in [6, 6.07) is 9.38. The SMILES string of the molecule is COc1ccc(C(=O)C2CNc3c(C)ccc[n+]3C2)cc1OC. The molecule has 5 nitrogen and oxygen atoms in total. The fourth-order valence-corrected chi connectivity index (χ4v) is 2.99. The number of hydrogen-bond donors (Lipinski definition) is 1. The maximum atomic E-state index is 12.8. The molecule has 5 heteroatoms. The third kappa shape index (κ3) is 2.86. The Kier molecular flexibility index (Phi) is 4.19. The van der Waals surface area contributed by atoms with Gasteiger partial charge in [0.05, 0.1) is 32.9 Å². The Morgan fingerprint density at radius 3 is 2.74 bits per heavy atom. The van der Waals surface area contributed by atoms with Gasteiger partial charge >= 0.3 is 0 Å². The molecule has 0 spiro atoms. The second-order valence-corrected chi connectivity index (χ2v) is 5.70. The minimum atomic E-state index is -0.104. The van der Waals surface area contributed by atoms with Gasteiger partial charge in [0.15, 0.2) is 17.3 Å². The van der Waals surface area contributed by atoms with Gasteiger partial charge in [0, 0.05) is 11.1 Å². The zero-order valence-corrected chi connectivity index (χ0v) is 13.6. The molecule has 0 saturated carbocycles. The van der Waals surface area contributed by atoms with E-state index in [1.54, 1.807) is 32.4 Å². The summed E-state index contributed by atoms with van der Waals surface area (Å²) in [5, 5.41) is 3.37. The highest BCUT2D eigenvalue weighted by Gasteiger charge is 2.31. The number of pyridine rings is 1. The topological polar surface area (TPSA) is 51.4 Å². The van der Waals surface area contributed by atoms with Crippen LogP contribution in [0.5, 0.6) is 11.5 Å². The number of Topliss-reactive ketones (excluding diaryl/α,β-unsaturated/α-hetero) is 1. The van der Waals surface area contributed by atoms with E-state index < -0.39 is 0 Å². The number of methoxy groups -OCH3 is 2. The maximum Gasteiger partial charge on any atom is 0.277 e. The molecule has 1 unspecified atom stereocenters. The molecule has 2 heterocycles. The van der Waals surface area contributed by atoms with Crippen molar-refractivity contribution in [2.75, 3.05) is 26.1 Å². The molecular formula is C18H21N2O3+. The van der Waals surface area contributed by atoms with Gasteiger partial charge in [-0.3, -0.25) is 10.1 Å². The van der Waals surface area contributed by atoms with Crippen LogP contribution in [-0.2, 0) is 6.54 Å². The first kappa shape index (κ1) is 15.3. The van der Waals surface area contributed by atoms with E-state index in [-0.39, 0.29) is 11.7 Å². The Hall–Kier alpha value is -2.56. The van der Waals surface area contributed by atoms with Crippen molar-refractivity contribution in [3.8, 4) is 11.5 Å². The molecule has 0 bridgehead atoms. The van der Waals surface area contributed by atoms with Crippen LogP contribution in [0.3, 0.4) is 0 Å². The van der Waals surface area contributed by atoms with Gasteiger partial charge in [-0.1, -0.05) is 0 Å². The third-order valence-electron chi connectivity index (χ3n) is 4.24. The number of carbonyl (C=O) groups is 1. The number of hydrogen-bond acceptors (Lipinski definition) is 4. The molecule has 1 aromatic carbocycles. The quantitative estimate of drug-likeness (QED) is 0.695. The average molecular weight is 313 g/mol. The Morgan fingerprint density at radius 1 is 1.22 bits per heavy atom. The van der Waals surface area contributed by atoms with Crippen LogP contribution in [0.15, 0.2) is 36.5 Å². The van der Waals surface area contributed by atoms with Gasteiger partial charge in [-0.05, 0) is 37.3 Å². The number of aryl methyl sites for hydroxylation is 1. The Morgan fingerprint density at radius 2 is 2.00 bits per heavy atom. The molecule has 0 radical (unpaired) electrons. The van der Waals surface area contributed by atoms with E-state index in [0.717, 1.165) is 5.82 Å². The van der Waals surface area contributed by atoms with E-state index in [0.29, 0.717) is 30.2 Å². The van der Waals surface area contributed by atoms with Crippen LogP contribution < -0.4 is 19.4 Å². The monoisotopic (exact) mass is 313 g/mol. The first-order valence-corrected chi connectivity index (χ1v) is 7.63. The second-order valence-electron chi connectivity index (χ2n) is 5.70. The molecule has 0 saturated heterocycles. The van der Waals surface area contributed by atoms with E-state index in [2.05, 4.69) is 22.9 Å². The van der Waals surface area contributed by atoms with E-state index in [4.69, 9.17) is 9.47 Å². The lowest BCUT2D eigenvalue weighted by Gasteiger charge is -2.21. The van der Waals surface area contributed by atoms with Gasteiger partial charge in [-0.15, -0.1) is 0 Å². The van der Waals surface area contributed by atoms with Crippen LogP contribution in [0.2, 0.25) is 0 Å². The summed E-state index contributed by atoms with van der Waals surface area (Å²) in [6.07, 6.45) is 2.00. The standard InChI is InChI=1S/C18H20N2O3/c1-12-5-4-8-20-11-14(10-19-18(12)20)17(21)13-6-7-15(22-2)16(9-13)23-3/h4-9,14H,10-11H2,1-3H3/p+1. The largest absolute Gasteiger partial charge is 0.493 e. The first-order chi connectivity index (χ1) is 11.1. The second kappa shape index (κ2) is 6.28. The Labute approximate surface area is 135 Å². The van der Waals surface area contributed by atoms with Crippen molar-refractivity contribution in [3.05, 3.63) is 47.7 Å². The number of nitrogens with one attached hydrogen (secondary N) is 1. The summed E-state index contributed by atoms with van der Waals surface area (Å²) >= 11 is 0. The summed E-state index contributed by atoms with van der Waals surface area (Å²) in [7, 11) is 3.16. The summed E-state index contributed by atoms with van der Waals surface area (Å²) in [4.78, 5) is 12.8. The zero-order chi connectivity index (χ0) is 16.4. The molecule has 2 aromatic rings. The lowest BCUT2D eigenvalue weighted by Crippen LogP contribution is -2.49. The smallest absolute Gasteiger partial charge is 0.277 e. The number of nitrogens with zero attached hydrogens (tertiary/aromatic N) is 1. The molecule has 0 fully saturated rings. The number of aromatic nitrogens is 1. The molecule has 0 amide bonds. The van der Waals surface area contributed by atoms with Crippen molar-refractivity contribution in [2.24, 2.45) is 5.92 Å². The zero-order valence-electron chi connectivity index (χ0n) is 13.6. The molecule has 1 aliphatic heterocycles. The summed E-state index contributed by atoms with van der Waals surface area (Å²) in [5.41, 5.74) is 1.83. The van der Waals surface area contributed by atoms with Crippen molar-refractivity contribution >= 4 is 11.6 Å². The molecular weight excluding hydrogens is 292 g/mol. The van der Waals surface area contributed by atoms with Gasteiger partial charge in [-0.2, -0.15) is 0 Å². The first-order valence-electron chi connectivity index (χ1n) is 7.63. The van der Waals surface area contributed by atoms with Crippen LogP contribution in [-0.4, -0.2) is 26.5 Å². The van der Waals surface area contributed by atoms with Crippen LogP contribution in [0.4, 0.5) is 5.82 Å². The Bertz CT molecular complexity index is 743. The van der Waals surface area contributed by atoms with Crippen LogP contribution in [0.1, 0.15) is 15.9 Å². The molecule has 1 N–H and O–H groups in total. The lowest BCUT2D eigenvalue weighted by atomic mass is 9.95. The van der Waals surface area contributed by atoms with Crippen LogP contribution in [0, 0.1) is 12.8 Å². The fourth-order valence-electron chi connectivity index (χ4n) is 2.99. The minimum Gasteiger partial charge on any atom is -0.493 e. The fraction of sp³-hybridized carbons (Fsp3) is 0.333. The molecule has 1 aliphatic rings. The highest BCUT2D eigenvalue weighted by molar-refractivity contribution is 5.98. The highest BCUT2D eigenvalue weighted by Crippen LogP contribution is 2.29. The predicted molar refractivity (Wildman–Crippen MR) is 87.2 cm³/mol.